The molecule has 4 unspecified atom stereocenters. The van der Waals surface area contributed by atoms with Gasteiger partial charge in [0.1, 0.15) is 23.9 Å². The largest absolute Gasteiger partial charge is 0.508 e. The summed E-state index contributed by atoms with van der Waals surface area (Å²) in [4.78, 5) is 60.9. The molecule has 15 heteroatoms. The maximum Gasteiger partial charge on any atom is 0.325 e. The molecule has 3 amide bonds. The number of guanidine groups is 1. The lowest BCUT2D eigenvalue weighted by atomic mass is 10.0. The molecule has 1 aromatic heterocycles. The SMILES string of the molecule is CC(NC(=O)C(Cc1cnc[nH]1)NC(=O)C(Cc1ccc(O)cc1)NC(=O)C(N)CCCN=C(N)N)C(=O)O. The van der Waals surface area contributed by atoms with Gasteiger partial charge in [-0.2, -0.15) is 0 Å². The van der Waals surface area contributed by atoms with Crippen LogP contribution in [0.25, 0.3) is 0 Å². The summed E-state index contributed by atoms with van der Waals surface area (Å²) in [6, 6.07) is 1.53. The molecule has 39 heavy (non-hydrogen) atoms. The van der Waals surface area contributed by atoms with E-state index in [-0.39, 0.29) is 37.5 Å². The number of benzene rings is 1. The Morgan fingerprint density at radius 2 is 1.62 bits per heavy atom. The Balaban J connectivity index is 2.20. The highest BCUT2D eigenvalue weighted by Gasteiger charge is 2.30. The summed E-state index contributed by atoms with van der Waals surface area (Å²) in [6.07, 6.45) is 3.53. The number of carbonyl (C=O) groups is 4. The zero-order chi connectivity index (χ0) is 28.9. The molecule has 0 saturated carbocycles. The molecule has 0 aliphatic carbocycles. The van der Waals surface area contributed by atoms with Crippen molar-refractivity contribution in [2.45, 2.75) is 56.8 Å². The Kier molecular flexibility index (Phi) is 11.7. The molecule has 15 nitrogen and oxygen atoms in total. The van der Waals surface area contributed by atoms with Gasteiger partial charge in [0.2, 0.25) is 17.7 Å². The monoisotopic (exact) mass is 545 g/mol. The van der Waals surface area contributed by atoms with Gasteiger partial charge in [0.15, 0.2) is 5.96 Å². The highest BCUT2D eigenvalue weighted by Crippen LogP contribution is 2.12. The Morgan fingerprint density at radius 3 is 2.21 bits per heavy atom. The van der Waals surface area contributed by atoms with Crippen molar-refractivity contribution < 1.29 is 29.4 Å². The number of carboxylic acid groups (broad SMARTS) is 1. The van der Waals surface area contributed by atoms with E-state index in [0.29, 0.717) is 17.7 Å². The van der Waals surface area contributed by atoms with E-state index in [9.17, 15) is 24.3 Å². The first-order valence-corrected chi connectivity index (χ1v) is 12.2. The zero-order valence-corrected chi connectivity index (χ0v) is 21.5. The minimum absolute atomic E-state index is 0.0164. The van der Waals surface area contributed by atoms with E-state index >= 15 is 0 Å². The van der Waals surface area contributed by atoms with E-state index in [1.807, 2.05) is 0 Å². The number of nitrogens with zero attached hydrogens (tertiary/aromatic N) is 2. The fraction of sp³-hybridized carbons (Fsp3) is 0.417. The van der Waals surface area contributed by atoms with Crippen molar-refractivity contribution >= 4 is 29.7 Å². The van der Waals surface area contributed by atoms with Crippen LogP contribution in [-0.2, 0) is 32.0 Å². The van der Waals surface area contributed by atoms with Crippen molar-refractivity contribution in [2.24, 2.45) is 22.2 Å². The van der Waals surface area contributed by atoms with Gasteiger partial charge in [0, 0.05) is 31.3 Å². The number of aliphatic imine (C=N–C) groups is 1. The second kappa shape index (κ2) is 14.9. The van der Waals surface area contributed by atoms with Crippen molar-refractivity contribution in [2.75, 3.05) is 6.54 Å². The number of hydrogen-bond donors (Lipinski definition) is 9. The topological polar surface area (TPSA) is 264 Å². The number of rotatable bonds is 15. The van der Waals surface area contributed by atoms with Crippen LogP contribution in [0.2, 0.25) is 0 Å². The number of hydrogen-bond acceptors (Lipinski definition) is 8. The molecular weight excluding hydrogens is 510 g/mol. The number of carboxylic acids is 1. The number of aromatic hydroxyl groups is 1. The molecule has 2 rings (SSSR count). The molecule has 0 aliphatic rings. The van der Waals surface area contributed by atoms with Crippen molar-refractivity contribution in [3.63, 3.8) is 0 Å². The molecule has 1 heterocycles. The zero-order valence-electron chi connectivity index (χ0n) is 21.5. The van der Waals surface area contributed by atoms with E-state index in [1.165, 1.54) is 31.6 Å². The average molecular weight is 546 g/mol. The molecule has 0 bridgehead atoms. The fourth-order valence-corrected chi connectivity index (χ4v) is 3.48. The molecular formula is C24H35N9O6. The van der Waals surface area contributed by atoms with Gasteiger partial charge in [-0.1, -0.05) is 12.1 Å². The Hall–Kier alpha value is -4.66. The first-order chi connectivity index (χ1) is 18.5. The minimum Gasteiger partial charge on any atom is -0.508 e. The van der Waals surface area contributed by atoms with Crippen LogP contribution in [0.5, 0.6) is 5.75 Å². The molecule has 1 aromatic carbocycles. The van der Waals surface area contributed by atoms with Crippen molar-refractivity contribution in [3.05, 3.63) is 48.0 Å². The van der Waals surface area contributed by atoms with Gasteiger partial charge in [-0.15, -0.1) is 0 Å². The van der Waals surface area contributed by atoms with Crippen LogP contribution in [0.15, 0.2) is 41.8 Å². The van der Waals surface area contributed by atoms with E-state index in [1.54, 1.807) is 12.1 Å². The van der Waals surface area contributed by atoms with Crippen molar-refractivity contribution in [3.8, 4) is 5.75 Å². The van der Waals surface area contributed by atoms with Crippen LogP contribution >= 0.6 is 0 Å². The van der Waals surface area contributed by atoms with Gasteiger partial charge < -0.3 is 48.3 Å². The van der Waals surface area contributed by atoms with Gasteiger partial charge in [-0.05, 0) is 37.5 Å². The standard InChI is InChI=1S/C24H35N9O6/c1-13(23(38)39)31-21(36)19(10-15-11-28-12-30-15)33-22(37)18(9-14-4-6-16(34)7-5-14)32-20(35)17(25)3-2-8-29-24(26)27/h4-7,11-13,17-19,34H,2-3,8-10,25H2,1H3,(H,28,30)(H,31,36)(H,32,35)(H,33,37)(H,38,39)(H4,26,27,29). The second-order valence-corrected chi connectivity index (χ2v) is 8.90. The maximum atomic E-state index is 13.4. The number of phenolic OH excluding ortho intramolecular Hbond substituents is 1. The summed E-state index contributed by atoms with van der Waals surface area (Å²) in [6.45, 7) is 1.57. The Labute approximate surface area is 224 Å². The number of nitrogens with one attached hydrogen (secondary N) is 4. The first kappa shape index (κ1) is 30.6. The summed E-state index contributed by atoms with van der Waals surface area (Å²) < 4.78 is 0. The van der Waals surface area contributed by atoms with Crippen LogP contribution in [0.1, 0.15) is 31.0 Å². The molecule has 212 valence electrons. The van der Waals surface area contributed by atoms with E-state index in [0.717, 1.165) is 0 Å². The van der Waals surface area contributed by atoms with E-state index in [2.05, 4.69) is 30.9 Å². The van der Waals surface area contributed by atoms with Gasteiger partial charge >= 0.3 is 5.97 Å². The first-order valence-electron chi connectivity index (χ1n) is 12.2. The predicted octanol–water partition coefficient (Wildman–Crippen LogP) is -2.16. The summed E-state index contributed by atoms with van der Waals surface area (Å²) in [5, 5.41) is 26.3. The number of amides is 3. The van der Waals surface area contributed by atoms with E-state index in [4.69, 9.17) is 22.3 Å². The molecule has 2 aromatic rings. The van der Waals surface area contributed by atoms with Crippen LogP contribution in [0.3, 0.4) is 0 Å². The van der Waals surface area contributed by atoms with Gasteiger partial charge in [0.25, 0.3) is 0 Å². The summed E-state index contributed by atoms with van der Waals surface area (Å²) in [5.41, 5.74) is 17.7. The van der Waals surface area contributed by atoms with E-state index < -0.39 is 47.9 Å². The molecule has 0 saturated heterocycles. The lowest BCUT2D eigenvalue weighted by molar-refractivity contribution is -0.141. The number of aromatic nitrogens is 2. The van der Waals surface area contributed by atoms with Gasteiger partial charge in [-0.25, -0.2) is 4.98 Å². The number of carbonyl (C=O) groups excluding carboxylic acids is 3. The highest BCUT2D eigenvalue weighted by molar-refractivity contribution is 5.94. The van der Waals surface area contributed by atoms with Crippen LogP contribution in [0.4, 0.5) is 0 Å². The molecule has 0 aliphatic heterocycles. The molecule has 0 spiro atoms. The average Bonchev–Trinajstić information content (AvgIpc) is 3.39. The number of imidazole rings is 1. The number of nitrogens with two attached hydrogens (primary N) is 3. The number of aromatic amines is 1. The third kappa shape index (κ3) is 10.7. The van der Waals surface area contributed by atoms with Crippen LogP contribution in [0, 0.1) is 0 Å². The summed E-state index contributed by atoms with van der Waals surface area (Å²) in [5.74, 6) is -3.35. The number of aliphatic carboxylic acids is 1. The van der Waals surface area contributed by atoms with Gasteiger partial charge in [-0.3, -0.25) is 24.2 Å². The molecule has 0 fully saturated rings. The third-order valence-electron chi connectivity index (χ3n) is 5.65. The Bertz CT molecular complexity index is 1130. The highest BCUT2D eigenvalue weighted by atomic mass is 16.4. The lowest BCUT2D eigenvalue weighted by Gasteiger charge is -2.25. The summed E-state index contributed by atoms with van der Waals surface area (Å²) >= 11 is 0. The Morgan fingerprint density at radius 1 is 1.00 bits per heavy atom. The summed E-state index contributed by atoms with van der Waals surface area (Å²) in [7, 11) is 0. The molecule has 4 atom stereocenters. The van der Waals surface area contributed by atoms with Crippen molar-refractivity contribution in [1.82, 2.24) is 25.9 Å². The lowest BCUT2D eigenvalue weighted by Crippen LogP contribution is -2.58. The fourth-order valence-electron chi connectivity index (χ4n) is 3.48. The predicted molar refractivity (Wildman–Crippen MR) is 141 cm³/mol. The second-order valence-electron chi connectivity index (χ2n) is 8.90. The minimum atomic E-state index is -1.25. The van der Waals surface area contributed by atoms with Crippen LogP contribution in [-0.4, -0.2) is 80.5 Å². The number of H-pyrrole nitrogens is 1. The maximum absolute atomic E-state index is 13.4. The third-order valence-corrected chi connectivity index (χ3v) is 5.65. The number of phenols is 1. The quantitative estimate of drug-likeness (QED) is 0.0664. The molecule has 0 radical (unpaired) electrons. The molecule has 12 N–H and O–H groups in total. The normalized spacial score (nSPS) is 13.8. The van der Waals surface area contributed by atoms with Crippen LogP contribution < -0.4 is 33.2 Å². The smallest absolute Gasteiger partial charge is 0.325 e. The van der Waals surface area contributed by atoms with Gasteiger partial charge in [0.05, 0.1) is 12.4 Å². The van der Waals surface area contributed by atoms with Crippen molar-refractivity contribution in [1.29, 1.82) is 0 Å².